The highest BCUT2D eigenvalue weighted by atomic mass is 16.5. The lowest BCUT2D eigenvalue weighted by atomic mass is 10.1. The van der Waals surface area contributed by atoms with Gasteiger partial charge in [-0.1, -0.05) is 35.0 Å². The number of carbonyl (C=O) groups is 1. The summed E-state index contributed by atoms with van der Waals surface area (Å²) in [5, 5.41) is 17.3. The van der Waals surface area contributed by atoms with Gasteiger partial charge in [0.25, 0.3) is 0 Å². The summed E-state index contributed by atoms with van der Waals surface area (Å²) in [6.45, 7) is 4.48. The first-order chi connectivity index (χ1) is 11.6. The van der Waals surface area contributed by atoms with E-state index >= 15 is 0 Å². The van der Waals surface area contributed by atoms with Gasteiger partial charge in [0.1, 0.15) is 11.4 Å². The van der Waals surface area contributed by atoms with Gasteiger partial charge in [-0.15, -0.1) is 5.10 Å². The Kier molecular flexibility index (Phi) is 4.29. The minimum atomic E-state index is -1.11. The number of aromatic nitrogens is 3. The van der Waals surface area contributed by atoms with Crippen molar-refractivity contribution in [1.82, 2.24) is 15.0 Å². The van der Waals surface area contributed by atoms with Crippen molar-refractivity contribution in [2.24, 2.45) is 0 Å². The van der Waals surface area contributed by atoms with Crippen LogP contribution in [0.5, 0.6) is 5.75 Å². The number of benzene rings is 2. The van der Waals surface area contributed by atoms with E-state index in [0.717, 1.165) is 16.9 Å². The first-order valence-corrected chi connectivity index (χ1v) is 7.59. The third kappa shape index (κ3) is 2.99. The molecule has 0 saturated heterocycles. The summed E-state index contributed by atoms with van der Waals surface area (Å²) >= 11 is 0. The number of hydrogen-bond donors (Lipinski definition) is 1. The highest BCUT2D eigenvalue weighted by Gasteiger charge is 2.21. The van der Waals surface area contributed by atoms with Crippen LogP contribution in [-0.4, -0.2) is 32.7 Å². The second kappa shape index (κ2) is 6.54. The first-order valence-electron chi connectivity index (χ1n) is 7.59. The molecule has 0 aliphatic rings. The standard InChI is InChI=1S/C18H17N3O3/c1-3-24-15-10-8-14(9-11-15)21-17(16(18(22)23)19-20-21)13-6-4-12(2)5-7-13/h4-11H,3H2,1-2H3,(H,22,23). The zero-order valence-corrected chi connectivity index (χ0v) is 13.4. The number of carboxylic acids is 1. The number of ether oxygens (including phenoxy) is 1. The fourth-order valence-corrected chi connectivity index (χ4v) is 2.43. The molecule has 2 aromatic carbocycles. The summed E-state index contributed by atoms with van der Waals surface area (Å²) in [5.74, 6) is -0.362. The van der Waals surface area contributed by atoms with Crippen molar-refractivity contribution in [2.45, 2.75) is 13.8 Å². The van der Waals surface area contributed by atoms with E-state index in [1.54, 1.807) is 0 Å². The zero-order chi connectivity index (χ0) is 17.1. The number of carboxylic acid groups (broad SMARTS) is 1. The van der Waals surface area contributed by atoms with E-state index in [9.17, 15) is 9.90 Å². The van der Waals surface area contributed by atoms with Crippen LogP contribution < -0.4 is 4.74 Å². The minimum Gasteiger partial charge on any atom is -0.494 e. The van der Waals surface area contributed by atoms with Gasteiger partial charge in [-0.25, -0.2) is 9.48 Å². The molecule has 0 saturated carbocycles. The van der Waals surface area contributed by atoms with Gasteiger partial charge < -0.3 is 9.84 Å². The monoisotopic (exact) mass is 323 g/mol. The molecule has 3 rings (SSSR count). The molecule has 0 atom stereocenters. The van der Waals surface area contributed by atoms with Gasteiger partial charge in [0.2, 0.25) is 0 Å². The van der Waals surface area contributed by atoms with Crippen LogP contribution in [0.25, 0.3) is 16.9 Å². The maximum absolute atomic E-state index is 11.5. The summed E-state index contributed by atoms with van der Waals surface area (Å²) in [7, 11) is 0. The molecular weight excluding hydrogens is 306 g/mol. The van der Waals surface area contributed by atoms with E-state index in [0.29, 0.717) is 18.0 Å². The molecule has 6 heteroatoms. The molecule has 0 spiro atoms. The Hall–Kier alpha value is -3.15. The Bertz CT molecular complexity index is 852. The van der Waals surface area contributed by atoms with Crippen molar-refractivity contribution in [3.8, 4) is 22.7 Å². The number of aromatic carboxylic acids is 1. The molecule has 122 valence electrons. The summed E-state index contributed by atoms with van der Waals surface area (Å²) in [6.07, 6.45) is 0. The molecule has 1 aromatic heterocycles. The Labute approximate surface area is 139 Å². The molecule has 0 bridgehead atoms. The molecule has 0 radical (unpaired) electrons. The SMILES string of the molecule is CCOc1ccc(-n2nnc(C(=O)O)c2-c2ccc(C)cc2)cc1. The second-order valence-corrected chi connectivity index (χ2v) is 5.30. The van der Waals surface area contributed by atoms with Gasteiger partial charge in [-0.2, -0.15) is 0 Å². The second-order valence-electron chi connectivity index (χ2n) is 5.30. The molecule has 0 unspecified atom stereocenters. The molecule has 1 heterocycles. The Morgan fingerprint density at radius 1 is 1.12 bits per heavy atom. The van der Waals surface area contributed by atoms with E-state index in [1.165, 1.54) is 4.68 Å². The van der Waals surface area contributed by atoms with Crippen LogP contribution in [0.15, 0.2) is 48.5 Å². The van der Waals surface area contributed by atoms with Gasteiger partial charge in [0, 0.05) is 5.56 Å². The lowest BCUT2D eigenvalue weighted by molar-refractivity contribution is 0.0691. The van der Waals surface area contributed by atoms with Gasteiger partial charge >= 0.3 is 5.97 Å². The molecule has 1 N–H and O–H groups in total. The Morgan fingerprint density at radius 3 is 2.38 bits per heavy atom. The van der Waals surface area contributed by atoms with Crippen LogP contribution in [0.4, 0.5) is 0 Å². The summed E-state index contributed by atoms with van der Waals surface area (Å²) in [6, 6.07) is 14.9. The van der Waals surface area contributed by atoms with Crippen LogP contribution in [0.2, 0.25) is 0 Å². The minimum absolute atomic E-state index is 0.0762. The predicted octanol–water partition coefficient (Wildman–Crippen LogP) is 3.34. The molecule has 3 aromatic rings. The topological polar surface area (TPSA) is 77.2 Å². The van der Waals surface area contributed by atoms with E-state index in [1.807, 2.05) is 62.4 Å². The maximum Gasteiger partial charge on any atom is 0.358 e. The quantitative estimate of drug-likeness (QED) is 0.779. The van der Waals surface area contributed by atoms with Crippen LogP contribution >= 0.6 is 0 Å². The van der Waals surface area contributed by atoms with E-state index in [4.69, 9.17) is 4.74 Å². The molecule has 0 aliphatic heterocycles. The van der Waals surface area contributed by atoms with Crippen LogP contribution in [0, 0.1) is 6.92 Å². The fourth-order valence-electron chi connectivity index (χ4n) is 2.43. The number of nitrogens with zero attached hydrogens (tertiary/aromatic N) is 3. The molecule has 0 aliphatic carbocycles. The number of aryl methyl sites for hydroxylation is 1. The van der Waals surface area contributed by atoms with Crippen molar-refractivity contribution in [2.75, 3.05) is 6.61 Å². The van der Waals surface area contributed by atoms with Crippen molar-refractivity contribution in [3.05, 3.63) is 59.8 Å². The highest BCUT2D eigenvalue weighted by molar-refractivity contribution is 5.93. The van der Waals surface area contributed by atoms with Crippen LogP contribution in [0.3, 0.4) is 0 Å². The normalized spacial score (nSPS) is 10.6. The predicted molar refractivity (Wildman–Crippen MR) is 89.7 cm³/mol. The third-order valence-corrected chi connectivity index (χ3v) is 3.59. The highest BCUT2D eigenvalue weighted by Crippen LogP contribution is 2.26. The smallest absolute Gasteiger partial charge is 0.358 e. The zero-order valence-electron chi connectivity index (χ0n) is 13.4. The van der Waals surface area contributed by atoms with Crippen molar-refractivity contribution < 1.29 is 14.6 Å². The van der Waals surface area contributed by atoms with E-state index < -0.39 is 5.97 Å². The van der Waals surface area contributed by atoms with E-state index in [-0.39, 0.29) is 5.69 Å². The largest absolute Gasteiger partial charge is 0.494 e. The molecule has 24 heavy (non-hydrogen) atoms. The maximum atomic E-state index is 11.5. The van der Waals surface area contributed by atoms with Gasteiger partial charge in [-0.3, -0.25) is 0 Å². The van der Waals surface area contributed by atoms with Crippen LogP contribution in [0.1, 0.15) is 23.0 Å². The number of hydrogen-bond acceptors (Lipinski definition) is 4. The van der Waals surface area contributed by atoms with Crippen LogP contribution in [-0.2, 0) is 0 Å². The average Bonchev–Trinajstić information content (AvgIpc) is 3.02. The van der Waals surface area contributed by atoms with Crippen molar-refractivity contribution in [3.63, 3.8) is 0 Å². The summed E-state index contributed by atoms with van der Waals surface area (Å²) in [4.78, 5) is 11.5. The van der Waals surface area contributed by atoms with Crippen molar-refractivity contribution in [1.29, 1.82) is 0 Å². The lowest BCUT2D eigenvalue weighted by Gasteiger charge is -2.09. The molecular formula is C18H17N3O3. The Balaban J connectivity index is 2.11. The molecule has 0 amide bonds. The van der Waals surface area contributed by atoms with Gasteiger partial charge in [0.05, 0.1) is 12.3 Å². The molecule has 0 fully saturated rings. The lowest BCUT2D eigenvalue weighted by Crippen LogP contribution is -2.03. The van der Waals surface area contributed by atoms with Gasteiger partial charge in [0.15, 0.2) is 5.69 Å². The molecule has 6 nitrogen and oxygen atoms in total. The average molecular weight is 323 g/mol. The van der Waals surface area contributed by atoms with Crippen molar-refractivity contribution >= 4 is 5.97 Å². The number of rotatable bonds is 5. The summed E-state index contributed by atoms with van der Waals surface area (Å²) < 4.78 is 6.96. The Morgan fingerprint density at radius 2 is 1.79 bits per heavy atom. The summed E-state index contributed by atoms with van der Waals surface area (Å²) in [5.41, 5.74) is 2.93. The first kappa shape index (κ1) is 15.7. The third-order valence-electron chi connectivity index (χ3n) is 3.59. The van der Waals surface area contributed by atoms with Gasteiger partial charge in [-0.05, 0) is 38.1 Å². The fraction of sp³-hybridized carbons (Fsp3) is 0.167. The van der Waals surface area contributed by atoms with E-state index in [2.05, 4.69) is 10.3 Å².